The van der Waals surface area contributed by atoms with Crippen molar-refractivity contribution in [3.8, 4) is 0 Å². The zero-order valence-corrected chi connectivity index (χ0v) is 19.0. The van der Waals surface area contributed by atoms with Crippen molar-refractivity contribution in [2.24, 2.45) is 0 Å². The van der Waals surface area contributed by atoms with Crippen molar-refractivity contribution in [3.05, 3.63) is 68.5 Å². The summed E-state index contributed by atoms with van der Waals surface area (Å²) in [7, 11) is 0. The molecule has 156 valence electrons. The molecule has 6 nitrogen and oxygen atoms in total. The average molecular weight is 511 g/mol. The topological polar surface area (TPSA) is 61.4 Å². The van der Waals surface area contributed by atoms with Crippen LogP contribution in [0.5, 0.6) is 0 Å². The second kappa shape index (κ2) is 9.38. The molecule has 0 atom stereocenters. The molecule has 0 unspecified atom stereocenters. The number of pyridine rings is 1. The number of carbonyl (C=O) groups excluding carboxylic acids is 1. The lowest BCUT2D eigenvalue weighted by Gasteiger charge is -2.34. The third-order valence-electron chi connectivity index (χ3n) is 4.74. The van der Waals surface area contributed by atoms with Crippen LogP contribution in [0.25, 0.3) is 0 Å². The van der Waals surface area contributed by atoms with Gasteiger partial charge in [0.2, 0.25) is 0 Å². The normalized spacial score (nSPS) is 14.7. The minimum Gasteiger partial charge on any atom is -0.336 e. The molecule has 4 rings (SSSR count). The molecule has 2 aromatic heterocycles. The van der Waals surface area contributed by atoms with Crippen molar-refractivity contribution in [2.45, 2.75) is 6.54 Å². The molecule has 1 N–H and O–H groups in total. The molecule has 0 radical (unpaired) electrons. The van der Waals surface area contributed by atoms with Crippen molar-refractivity contribution in [1.29, 1.82) is 0 Å². The Labute approximate surface area is 190 Å². The maximum Gasteiger partial charge on any atom is 0.256 e. The molecule has 0 saturated carbocycles. The summed E-state index contributed by atoms with van der Waals surface area (Å²) >= 11 is 10.8. The number of benzene rings is 1. The standard InChI is InChI=1S/C20H18BrClFN5OS/c21-13-10-14(25-17(11-13)26-20-24-4-9-30-20)12-27-5-7-28(8-6-27)19(29)15-2-1-3-16(22)18(15)23/h1-4,9-11H,5-8,12H2,(H,24,25,26). The molecule has 1 aliphatic heterocycles. The zero-order valence-electron chi connectivity index (χ0n) is 15.8. The molecule has 3 heterocycles. The number of halogens is 3. The van der Waals surface area contributed by atoms with Crippen LogP contribution in [0.1, 0.15) is 16.1 Å². The van der Waals surface area contributed by atoms with Gasteiger partial charge in [0.15, 0.2) is 10.9 Å². The molecule has 0 aliphatic carbocycles. The summed E-state index contributed by atoms with van der Waals surface area (Å²) in [6, 6.07) is 8.38. The summed E-state index contributed by atoms with van der Waals surface area (Å²) < 4.78 is 15.1. The van der Waals surface area contributed by atoms with Gasteiger partial charge in [-0.2, -0.15) is 0 Å². The number of hydrogen-bond acceptors (Lipinski definition) is 6. The van der Waals surface area contributed by atoms with Gasteiger partial charge in [-0.3, -0.25) is 9.69 Å². The van der Waals surface area contributed by atoms with E-state index in [4.69, 9.17) is 11.6 Å². The Hall–Kier alpha value is -2.07. The van der Waals surface area contributed by atoms with E-state index < -0.39 is 5.82 Å². The number of amides is 1. The van der Waals surface area contributed by atoms with E-state index in [1.807, 2.05) is 17.5 Å². The minimum absolute atomic E-state index is 0.0162. The van der Waals surface area contributed by atoms with Crippen LogP contribution >= 0.6 is 38.9 Å². The van der Waals surface area contributed by atoms with Gasteiger partial charge in [-0.1, -0.05) is 33.6 Å². The predicted octanol–water partition coefficient (Wildman–Crippen LogP) is 4.79. The molecule has 1 aromatic carbocycles. The van der Waals surface area contributed by atoms with Crippen molar-refractivity contribution < 1.29 is 9.18 Å². The van der Waals surface area contributed by atoms with Gasteiger partial charge in [0.25, 0.3) is 5.91 Å². The molecule has 1 saturated heterocycles. The van der Waals surface area contributed by atoms with E-state index in [0.29, 0.717) is 32.7 Å². The molecular formula is C20H18BrClFN5OS. The maximum atomic E-state index is 14.2. The van der Waals surface area contributed by atoms with Crippen LogP contribution in [-0.2, 0) is 6.54 Å². The highest BCUT2D eigenvalue weighted by molar-refractivity contribution is 9.10. The van der Waals surface area contributed by atoms with Gasteiger partial charge in [0.05, 0.1) is 16.3 Å². The second-order valence-electron chi connectivity index (χ2n) is 6.79. The summed E-state index contributed by atoms with van der Waals surface area (Å²) in [4.78, 5) is 25.4. The first-order valence-electron chi connectivity index (χ1n) is 9.28. The quantitative estimate of drug-likeness (QED) is 0.535. The van der Waals surface area contributed by atoms with E-state index in [0.717, 1.165) is 21.1 Å². The minimum atomic E-state index is -0.662. The van der Waals surface area contributed by atoms with Crippen LogP contribution in [0.15, 0.2) is 46.4 Å². The molecule has 1 aliphatic rings. The van der Waals surface area contributed by atoms with Gasteiger partial charge < -0.3 is 10.2 Å². The van der Waals surface area contributed by atoms with Crippen molar-refractivity contribution in [3.63, 3.8) is 0 Å². The summed E-state index contributed by atoms with van der Waals surface area (Å²) in [5.74, 6) is -0.269. The van der Waals surface area contributed by atoms with Gasteiger partial charge in [0, 0.05) is 48.8 Å². The Morgan fingerprint density at radius 3 is 2.80 bits per heavy atom. The molecule has 0 spiro atoms. The Morgan fingerprint density at radius 1 is 1.27 bits per heavy atom. The van der Waals surface area contributed by atoms with Crippen LogP contribution in [0.3, 0.4) is 0 Å². The van der Waals surface area contributed by atoms with E-state index in [1.165, 1.54) is 23.5 Å². The molecule has 30 heavy (non-hydrogen) atoms. The summed E-state index contributed by atoms with van der Waals surface area (Å²) in [6.45, 7) is 3.04. The summed E-state index contributed by atoms with van der Waals surface area (Å²) in [6.07, 6.45) is 1.74. The number of piperazine rings is 1. The van der Waals surface area contributed by atoms with Gasteiger partial charge in [0.1, 0.15) is 5.82 Å². The number of nitrogens with one attached hydrogen (secondary N) is 1. The first-order valence-corrected chi connectivity index (χ1v) is 11.3. The van der Waals surface area contributed by atoms with Gasteiger partial charge >= 0.3 is 0 Å². The van der Waals surface area contributed by atoms with Crippen molar-refractivity contribution >= 4 is 55.7 Å². The maximum absolute atomic E-state index is 14.2. The third kappa shape index (κ3) is 4.97. The van der Waals surface area contributed by atoms with Gasteiger partial charge in [-0.15, -0.1) is 11.3 Å². The fourth-order valence-corrected chi connectivity index (χ4v) is 4.46. The monoisotopic (exact) mass is 509 g/mol. The van der Waals surface area contributed by atoms with Crippen LogP contribution in [-0.4, -0.2) is 51.9 Å². The smallest absolute Gasteiger partial charge is 0.256 e. The lowest BCUT2D eigenvalue weighted by Crippen LogP contribution is -2.48. The Balaban J connectivity index is 1.37. The Kier molecular flexibility index (Phi) is 6.62. The first kappa shape index (κ1) is 21.2. The Bertz CT molecular complexity index is 1040. The highest BCUT2D eigenvalue weighted by Gasteiger charge is 2.25. The molecule has 3 aromatic rings. The van der Waals surface area contributed by atoms with Crippen LogP contribution in [0.4, 0.5) is 15.3 Å². The van der Waals surface area contributed by atoms with E-state index in [2.05, 4.69) is 36.1 Å². The SMILES string of the molecule is O=C(c1cccc(Cl)c1F)N1CCN(Cc2cc(Br)cc(Nc3nccs3)n2)CC1. The summed E-state index contributed by atoms with van der Waals surface area (Å²) in [5, 5.41) is 5.85. The predicted molar refractivity (Wildman–Crippen MR) is 120 cm³/mol. The zero-order chi connectivity index (χ0) is 21.1. The number of thiazole rings is 1. The van der Waals surface area contributed by atoms with Crippen molar-refractivity contribution in [2.75, 3.05) is 31.5 Å². The Morgan fingerprint density at radius 2 is 2.07 bits per heavy atom. The average Bonchev–Trinajstić information content (AvgIpc) is 3.23. The molecular weight excluding hydrogens is 493 g/mol. The number of anilines is 2. The number of carbonyl (C=O) groups is 1. The lowest BCUT2D eigenvalue weighted by atomic mass is 10.1. The largest absolute Gasteiger partial charge is 0.336 e. The lowest BCUT2D eigenvalue weighted by molar-refractivity contribution is 0.0622. The van der Waals surface area contributed by atoms with E-state index in [1.54, 1.807) is 17.2 Å². The van der Waals surface area contributed by atoms with E-state index >= 15 is 0 Å². The number of nitrogens with zero attached hydrogens (tertiary/aromatic N) is 4. The second-order valence-corrected chi connectivity index (χ2v) is 9.01. The van der Waals surface area contributed by atoms with Crippen LogP contribution in [0.2, 0.25) is 5.02 Å². The molecule has 1 amide bonds. The van der Waals surface area contributed by atoms with E-state index in [-0.39, 0.29) is 16.5 Å². The third-order valence-corrected chi connectivity index (χ3v) is 6.18. The molecule has 1 fully saturated rings. The number of hydrogen-bond donors (Lipinski definition) is 1. The highest BCUT2D eigenvalue weighted by Crippen LogP contribution is 2.23. The van der Waals surface area contributed by atoms with Gasteiger partial charge in [-0.25, -0.2) is 14.4 Å². The van der Waals surface area contributed by atoms with Gasteiger partial charge in [-0.05, 0) is 24.3 Å². The van der Waals surface area contributed by atoms with Crippen molar-refractivity contribution in [1.82, 2.24) is 19.8 Å². The van der Waals surface area contributed by atoms with Crippen LogP contribution in [0, 0.1) is 5.82 Å². The number of rotatable bonds is 5. The first-order chi connectivity index (χ1) is 14.5. The van der Waals surface area contributed by atoms with Crippen LogP contribution < -0.4 is 5.32 Å². The van der Waals surface area contributed by atoms with E-state index in [9.17, 15) is 9.18 Å². The summed E-state index contributed by atoms with van der Waals surface area (Å²) in [5.41, 5.74) is 0.923. The molecule has 0 bridgehead atoms. The number of aromatic nitrogens is 2. The molecule has 10 heteroatoms. The highest BCUT2D eigenvalue weighted by atomic mass is 79.9. The fraction of sp³-hybridized carbons (Fsp3) is 0.250. The fourth-order valence-electron chi connectivity index (χ4n) is 3.27.